The molecule has 1 unspecified atom stereocenters. The number of rotatable bonds is 5. The summed E-state index contributed by atoms with van der Waals surface area (Å²) < 4.78 is 1.80. The molecule has 2 N–H and O–H groups in total. The summed E-state index contributed by atoms with van der Waals surface area (Å²) in [6.45, 7) is 2.28. The van der Waals surface area contributed by atoms with Crippen LogP contribution < -0.4 is 10.6 Å². The largest absolute Gasteiger partial charge is 0.348 e. The van der Waals surface area contributed by atoms with E-state index in [0.29, 0.717) is 6.54 Å². The number of aromatic nitrogens is 2. The SMILES string of the molecule is CNCC(=O)NC(C)c1ccccc1-n1cccn1. The van der Waals surface area contributed by atoms with Crippen LogP contribution in [0.1, 0.15) is 18.5 Å². The van der Waals surface area contributed by atoms with Gasteiger partial charge in [-0.2, -0.15) is 5.10 Å². The Labute approximate surface area is 112 Å². The van der Waals surface area contributed by atoms with Crippen molar-refractivity contribution in [2.24, 2.45) is 0 Å². The first kappa shape index (κ1) is 13.3. The van der Waals surface area contributed by atoms with E-state index in [-0.39, 0.29) is 11.9 Å². The zero-order valence-corrected chi connectivity index (χ0v) is 11.1. The number of para-hydroxylation sites is 1. The molecular formula is C14H18N4O. The highest BCUT2D eigenvalue weighted by atomic mass is 16.1. The van der Waals surface area contributed by atoms with E-state index in [4.69, 9.17) is 0 Å². The molecule has 2 rings (SSSR count). The molecule has 0 aliphatic rings. The van der Waals surface area contributed by atoms with Crippen molar-refractivity contribution >= 4 is 5.91 Å². The topological polar surface area (TPSA) is 59.0 Å². The van der Waals surface area contributed by atoms with Crippen LogP contribution in [0, 0.1) is 0 Å². The summed E-state index contributed by atoms with van der Waals surface area (Å²) in [5, 5.41) is 10.0. The molecule has 5 nitrogen and oxygen atoms in total. The summed E-state index contributed by atoms with van der Waals surface area (Å²) >= 11 is 0. The van der Waals surface area contributed by atoms with Crippen LogP contribution in [0.4, 0.5) is 0 Å². The molecule has 5 heteroatoms. The van der Waals surface area contributed by atoms with Gasteiger partial charge in [0.25, 0.3) is 0 Å². The zero-order valence-electron chi connectivity index (χ0n) is 11.1. The minimum atomic E-state index is -0.0683. The Balaban J connectivity index is 2.22. The van der Waals surface area contributed by atoms with Crippen molar-refractivity contribution in [1.29, 1.82) is 0 Å². The fourth-order valence-electron chi connectivity index (χ4n) is 2.00. The monoisotopic (exact) mass is 258 g/mol. The number of carbonyl (C=O) groups is 1. The van der Waals surface area contributed by atoms with E-state index >= 15 is 0 Å². The van der Waals surface area contributed by atoms with Crippen molar-refractivity contribution in [3.63, 3.8) is 0 Å². The van der Waals surface area contributed by atoms with Crippen LogP contribution in [-0.2, 0) is 4.79 Å². The van der Waals surface area contributed by atoms with Gasteiger partial charge in [-0.15, -0.1) is 0 Å². The van der Waals surface area contributed by atoms with Crippen molar-refractivity contribution in [3.8, 4) is 5.69 Å². The van der Waals surface area contributed by atoms with Crippen LogP contribution >= 0.6 is 0 Å². The number of likely N-dealkylation sites (N-methyl/N-ethyl adjacent to an activating group) is 1. The highest BCUT2D eigenvalue weighted by Gasteiger charge is 2.13. The fraction of sp³-hybridized carbons (Fsp3) is 0.286. The summed E-state index contributed by atoms with van der Waals surface area (Å²) in [6.07, 6.45) is 3.63. The third kappa shape index (κ3) is 3.20. The van der Waals surface area contributed by atoms with Crippen molar-refractivity contribution < 1.29 is 4.79 Å². The number of nitrogens with one attached hydrogen (secondary N) is 2. The Morgan fingerprint density at radius 1 is 1.37 bits per heavy atom. The van der Waals surface area contributed by atoms with Gasteiger partial charge < -0.3 is 10.6 Å². The maximum atomic E-state index is 11.6. The Morgan fingerprint density at radius 2 is 2.16 bits per heavy atom. The van der Waals surface area contributed by atoms with E-state index in [1.807, 2.05) is 43.5 Å². The number of amides is 1. The van der Waals surface area contributed by atoms with Gasteiger partial charge in [0.1, 0.15) is 0 Å². The third-order valence-electron chi connectivity index (χ3n) is 2.87. The Morgan fingerprint density at radius 3 is 2.84 bits per heavy atom. The highest BCUT2D eigenvalue weighted by molar-refractivity contribution is 5.78. The lowest BCUT2D eigenvalue weighted by Crippen LogP contribution is -2.34. The average Bonchev–Trinajstić information content (AvgIpc) is 2.92. The lowest BCUT2D eigenvalue weighted by Gasteiger charge is -2.18. The molecule has 0 fully saturated rings. The number of hydrogen-bond donors (Lipinski definition) is 2. The third-order valence-corrected chi connectivity index (χ3v) is 2.87. The second-order valence-electron chi connectivity index (χ2n) is 4.33. The molecule has 19 heavy (non-hydrogen) atoms. The van der Waals surface area contributed by atoms with Gasteiger partial charge in [0.05, 0.1) is 18.3 Å². The van der Waals surface area contributed by atoms with Gasteiger partial charge in [-0.1, -0.05) is 18.2 Å². The molecule has 0 radical (unpaired) electrons. The standard InChI is InChI=1S/C14H18N4O/c1-11(17-14(19)10-15-2)12-6-3-4-7-13(12)18-9-5-8-16-18/h3-9,11,15H,10H2,1-2H3,(H,17,19). The van der Waals surface area contributed by atoms with Gasteiger partial charge >= 0.3 is 0 Å². The summed E-state index contributed by atoms with van der Waals surface area (Å²) in [7, 11) is 1.75. The van der Waals surface area contributed by atoms with Crippen LogP contribution in [0.2, 0.25) is 0 Å². The molecule has 0 bridgehead atoms. The van der Waals surface area contributed by atoms with Gasteiger partial charge in [-0.3, -0.25) is 4.79 Å². The van der Waals surface area contributed by atoms with E-state index in [2.05, 4.69) is 15.7 Å². The van der Waals surface area contributed by atoms with Crippen LogP contribution in [0.5, 0.6) is 0 Å². The number of benzene rings is 1. The van der Waals surface area contributed by atoms with Gasteiger partial charge in [-0.05, 0) is 31.7 Å². The lowest BCUT2D eigenvalue weighted by molar-refractivity contribution is -0.120. The first-order chi connectivity index (χ1) is 9.22. The molecular weight excluding hydrogens is 240 g/mol. The van der Waals surface area contributed by atoms with Crippen LogP contribution in [0.3, 0.4) is 0 Å². The Hall–Kier alpha value is -2.14. The van der Waals surface area contributed by atoms with E-state index in [9.17, 15) is 4.79 Å². The molecule has 1 atom stereocenters. The molecule has 1 aromatic heterocycles. The molecule has 0 saturated heterocycles. The van der Waals surface area contributed by atoms with Crippen LogP contribution in [0.15, 0.2) is 42.7 Å². The minimum absolute atomic E-state index is 0.0229. The Bertz CT molecular complexity index is 536. The van der Waals surface area contributed by atoms with Gasteiger partial charge in [0.2, 0.25) is 5.91 Å². The molecule has 0 spiro atoms. The predicted octanol–water partition coefficient (Wildman–Crippen LogP) is 1.27. The molecule has 1 heterocycles. The summed E-state index contributed by atoms with van der Waals surface area (Å²) in [4.78, 5) is 11.6. The normalized spacial score (nSPS) is 12.1. The molecule has 1 amide bonds. The first-order valence-corrected chi connectivity index (χ1v) is 6.25. The van der Waals surface area contributed by atoms with Crippen molar-refractivity contribution in [1.82, 2.24) is 20.4 Å². The molecule has 100 valence electrons. The van der Waals surface area contributed by atoms with Crippen molar-refractivity contribution in [3.05, 3.63) is 48.3 Å². The summed E-state index contributed by atoms with van der Waals surface area (Å²) in [6, 6.07) is 9.72. The predicted molar refractivity (Wildman–Crippen MR) is 74.0 cm³/mol. The fourth-order valence-corrected chi connectivity index (χ4v) is 2.00. The molecule has 1 aromatic carbocycles. The van der Waals surface area contributed by atoms with E-state index in [1.54, 1.807) is 17.9 Å². The van der Waals surface area contributed by atoms with Crippen LogP contribution in [0.25, 0.3) is 5.69 Å². The van der Waals surface area contributed by atoms with Crippen molar-refractivity contribution in [2.45, 2.75) is 13.0 Å². The van der Waals surface area contributed by atoms with E-state index < -0.39 is 0 Å². The smallest absolute Gasteiger partial charge is 0.234 e. The van der Waals surface area contributed by atoms with Gasteiger partial charge in [0, 0.05) is 12.4 Å². The van der Waals surface area contributed by atoms with Gasteiger partial charge in [0.15, 0.2) is 0 Å². The number of carbonyl (C=O) groups excluding carboxylic acids is 1. The molecule has 0 saturated carbocycles. The number of hydrogen-bond acceptors (Lipinski definition) is 3. The first-order valence-electron chi connectivity index (χ1n) is 6.25. The van der Waals surface area contributed by atoms with Crippen LogP contribution in [-0.4, -0.2) is 29.3 Å². The highest BCUT2D eigenvalue weighted by Crippen LogP contribution is 2.20. The quantitative estimate of drug-likeness (QED) is 0.849. The second-order valence-corrected chi connectivity index (χ2v) is 4.33. The van der Waals surface area contributed by atoms with Crippen molar-refractivity contribution in [2.75, 3.05) is 13.6 Å². The average molecular weight is 258 g/mol. The molecule has 0 aliphatic heterocycles. The van der Waals surface area contributed by atoms with E-state index in [1.165, 1.54) is 0 Å². The summed E-state index contributed by atoms with van der Waals surface area (Å²) in [5.74, 6) is -0.0229. The minimum Gasteiger partial charge on any atom is -0.348 e. The Kier molecular flexibility index (Phi) is 4.30. The molecule has 0 aliphatic carbocycles. The number of nitrogens with zero attached hydrogens (tertiary/aromatic N) is 2. The zero-order chi connectivity index (χ0) is 13.7. The summed E-state index contributed by atoms with van der Waals surface area (Å²) in [5.41, 5.74) is 2.01. The molecule has 2 aromatic rings. The lowest BCUT2D eigenvalue weighted by atomic mass is 10.1. The maximum Gasteiger partial charge on any atom is 0.234 e. The maximum absolute atomic E-state index is 11.6. The second kappa shape index (κ2) is 6.15. The van der Waals surface area contributed by atoms with E-state index in [0.717, 1.165) is 11.3 Å². The van der Waals surface area contributed by atoms with Gasteiger partial charge in [-0.25, -0.2) is 4.68 Å².